The van der Waals surface area contributed by atoms with Crippen molar-refractivity contribution in [2.75, 3.05) is 210 Å². The number of fused-ring (bicyclic) bond motifs is 3. The zero-order valence-corrected chi connectivity index (χ0v) is 68.3. The van der Waals surface area contributed by atoms with Gasteiger partial charge in [0.05, 0.1) is 181 Å². The molecule has 38 nitrogen and oxygen atoms in total. The van der Waals surface area contributed by atoms with Crippen LogP contribution in [-0.2, 0) is 121 Å². The van der Waals surface area contributed by atoms with Gasteiger partial charge in [-0.15, -0.1) is 0 Å². The number of benzene rings is 3. The Morgan fingerprint density at radius 3 is 1.68 bits per heavy atom. The third kappa shape index (κ3) is 35.8. The van der Waals surface area contributed by atoms with Crippen LogP contribution < -0.4 is 31.3 Å². The molecule has 0 bridgehead atoms. The molecule has 7 rings (SSSR count). The minimum atomic E-state index is -1.86. The smallest absolute Gasteiger partial charge is 0.413 e. The molecule has 7 amide bonds. The second-order valence-corrected chi connectivity index (χ2v) is 27.8. The van der Waals surface area contributed by atoms with Crippen LogP contribution in [0.1, 0.15) is 91.2 Å². The fraction of sp³-hybridized carbons (Fsp3) is 0.605. The van der Waals surface area contributed by atoms with Gasteiger partial charge in [0.25, 0.3) is 11.8 Å². The molecule has 2 aromatic heterocycles. The average Bonchev–Trinajstić information content (AvgIpc) is 1.61. The number of anilines is 2. The normalized spacial score (nSPS) is 16.2. The number of carboxylic acid groups (broad SMARTS) is 1. The summed E-state index contributed by atoms with van der Waals surface area (Å²) in [6.07, 6.45) is -4.98. The molecule has 0 unspecified atom stereocenters. The second kappa shape index (κ2) is 55.9. The molecule has 0 saturated carbocycles. The SMILES string of the molecule is CCCCc1nc2c(NC(=O)OCc3ccc(O[C@H]4O[C@H](CO)[C@@H](O)[C@H](O)[C@@H]4O)c(NC(=O)CCNC(=O)[C@H](CCCCNC(=O)CCOCCOCCOCCOCCOCCOCCOCCOCCOCCOCCOCCOC)NC(=O)CCN4C(=O)C=CC4=O)c3)nc3cc(C(=O)O)ccc3c2n1Cc1ccc(CN(C)C)cc1. The van der Waals surface area contributed by atoms with E-state index in [2.05, 4.69) is 50.5 Å². The molecule has 0 radical (unpaired) electrons. The monoisotopic (exact) mass is 1680 g/mol. The topological polar surface area (TPSA) is 474 Å². The zero-order valence-electron chi connectivity index (χ0n) is 68.3. The molecule has 38 heteroatoms. The summed E-state index contributed by atoms with van der Waals surface area (Å²) in [7, 11) is 5.60. The molecule has 119 heavy (non-hydrogen) atoms. The Morgan fingerprint density at radius 2 is 1.13 bits per heavy atom. The number of carboxylic acids is 1. The quantitative estimate of drug-likeness (QED) is 0.0197. The first-order chi connectivity index (χ1) is 57.8. The van der Waals surface area contributed by atoms with Gasteiger partial charge in [0.15, 0.2) is 5.82 Å². The van der Waals surface area contributed by atoms with Crippen molar-refractivity contribution >= 4 is 80.9 Å². The van der Waals surface area contributed by atoms with Crippen LogP contribution in [0.5, 0.6) is 5.75 Å². The maximum Gasteiger partial charge on any atom is 0.413 e. The van der Waals surface area contributed by atoms with Crippen molar-refractivity contribution in [2.24, 2.45) is 0 Å². The van der Waals surface area contributed by atoms with E-state index in [1.54, 1.807) is 13.2 Å². The van der Waals surface area contributed by atoms with Gasteiger partial charge >= 0.3 is 12.1 Å². The highest BCUT2D eigenvalue weighted by molar-refractivity contribution is 6.13. The van der Waals surface area contributed by atoms with Gasteiger partial charge in [-0.2, -0.15) is 0 Å². The van der Waals surface area contributed by atoms with Crippen molar-refractivity contribution in [2.45, 2.75) is 121 Å². The first-order valence-electron chi connectivity index (χ1n) is 40.1. The van der Waals surface area contributed by atoms with Crippen LogP contribution in [0.2, 0.25) is 0 Å². The molecule has 3 aromatic carbocycles. The molecule has 5 aromatic rings. The Morgan fingerprint density at radius 1 is 0.580 bits per heavy atom. The number of methoxy groups -OCH3 is 1. The number of ether oxygens (including phenoxy) is 15. The standard InChI is InChI=1S/C81H118N10O28/c1-5-6-10-66-87-72-73(91(66)53-57-13-11-56(12-14-57)52-89(2)3)60-17-16-59(79(102)103)51-62(60)86-77(72)88-81(104)117-55-58-15-18-64(118-80-76(100)75(99)74(98)65(54-92)119-80)63(50-58)85-68(94)21-25-83-78(101)61(84-69(95)22-26-90-70(96)19-20-71(90)97)9-7-8-24-82-67(93)23-27-106-30-31-108-34-35-110-38-39-112-42-43-114-46-47-116-49-48-115-45-44-113-41-40-111-37-36-109-33-32-107-29-28-105-4/h11-20,50-51,61,65,74-76,80,92,98-100H,5-10,21-49,52-55H2,1-4H3,(H,82,93)(H,83,101)(H,84,95)(H,85,94)(H,102,103)(H,86,88,104)/t61-,65+,74+,75-,76-,80-/m0/s1. The predicted octanol–water partition coefficient (Wildman–Crippen LogP) is 2.41. The van der Waals surface area contributed by atoms with E-state index in [4.69, 9.17) is 81.0 Å². The van der Waals surface area contributed by atoms with Crippen molar-refractivity contribution < 1.29 is 135 Å². The highest BCUT2D eigenvalue weighted by atomic mass is 16.7. The first-order valence-corrected chi connectivity index (χ1v) is 40.1. The highest BCUT2D eigenvalue weighted by Gasteiger charge is 2.45. The average molecular weight is 1680 g/mol. The Labute approximate surface area is 691 Å². The molecule has 660 valence electrons. The van der Waals surface area contributed by atoms with Crippen molar-refractivity contribution in [1.29, 1.82) is 0 Å². The third-order valence-corrected chi connectivity index (χ3v) is 18.3. The van der Waals surface area contributed by atoms with E-state index in [9.17, 15) is 63.9 Å². The molecule has 2 aliphatic rings. The Kier molecular flexibility index (Phi) is 45.6. The number of nitrogens with zero attached hydrogens (tertiary/aromatic N) is 5. The number of aliphatic hydroxyl groups excluding tert-OH is 4. The number of imidazole rings is 1. The molecular weight excluding hydrogens is 1560 g/mol. The number of amides is 7. The molecule has 2 aliphatic heterocycles. The number of aromatic nitrogens is 3. The fourth-order valence-electron chi connectivity index (χ4n) is 12.0. The summed E-state index contributed by atoms with van der Waals surface area (Å²) in [6, 6.07) is 15.7. The lowest BCUT2D eigenvalue weighted by atomic mass is 9.99. The lowest BCUT2D eigenvalue weighted by Crippen LogP contribution is -2.60. The third-order valence-electron chi connectivity index (χ3n) is 18.3. The maximum atomic E-state index is 14.0. The minimum Gasteiger partial charge on any atom is -0.478 e. The molecule has 1 fully saturated rings. The molecule has 10 N–H and O–H groups in total. The van der Waals surface area contributed by atoms with Crippen molar-refractivity contribution in [3.05, 3.63) is 101 Å². The van der Waals surface area contributed by atoms with E-state index in [1.807, 2.05) is 30.8 Å². The summed E-state index contributed by atoms with van der Waals surface area (Å²) in [5.74, 6) is -4.18. The number of pyridine rings is 1. The van der Waals surface area contributed by atoms with Crippen LogP contribution in [0.15, 0.2) is 72.8 Å². The van der Waals surface area contributed by atoms with Gasteiger partial charge in [0, 0.05) is 83.1 Å². The van der Waals surface area contributed by atoms with E-state index < -0.39 is 98.0 Å². The van der Waals surface area contributed by atoms with Crippen molar-refractivity contribution in [3.8, 4) is 5.75 Å². The van der Waals surface area contributed by atoms with Crippen LogP contribution in [0, 0.1) is 0 Å². The summed E-state index contributed by atoms with van der Waals surface area (Å²) >= 11 is 0. The van der Waals surface area contributed by atoms with Gasteiger partial charge in [-0.3, -0.25) is 39.0 Å². The number of rotatable bonds is 64. The number of imide groups is 1. The molecular formula is C81H118N10O28. The van der Waals surface area contributed by atoms with Gasteiger partial charge in [-0.25, -0.2) is 19.6 Å². The molecule has 0 spiro atoms. The van der Waals surface area contributed by atoms with E-state index in [0.29, 0.717) is 180 Å². The van der Waals surface area contributed by atoms with Crippen LogP contribution in [-0.4, -0.2) is 334 Å². The first kappa shape index (κ1) is 97.2. The zero-order chi connectivity index (χ0) is 85.4. The minimum absolute atomic E-state index is 0.0104. The summed E-state index contributed by atoms with van der Waals surface area (Å²) in [6.45, 7) is 11.3. The Hall–Kier alpha value is -8.88. The summed E-state index contributed by atoms with van der Waals surface area (Å²) in [5.41, 5.74) is 3.42. The van der Waals surface area contributed by atoms with Gasteiger partial charge in [-0.1, -0.05) is 43.7 Å². The number of unbranched alkanes of at least 4 members (excludes halogenated alkanes) is 2. The van der Waals surface area contributed by atoms with Crippen molar-refractivity contribution in [1.82, 2.24) is 40.3 Å². The Bertz CT molecular complexity index is 3910. The van der Waals surface area contributed by atoms with Gasteiger partial charge in [-0.05, 0) is 86.8 Å². The molecule has 1 saturated heterocycles. The van der Waals surface area contributed by atoms with Crippen LogP contribution in [0.4, 0.5) is 16.3 Å². The van der Waals surface area contributed by atoms with E-state index in [1.165, 1.54) is 30.3 Å². The number of carbonyl (C=O) groups is 8. The fourth-order valence-corrected chi connectivity index (χ4v) is 12.0. The maximum absolute atomic E-state index is 14.0. The van der Waals surface area contributed by atoms with E-state index in [-0.39, 0.29) is 98.5 Å². The molecule has 4 heterocycles. The van der Waals surface area contributed by atoms with Crippen LogP contribution >= 0.6 is 0 Å². The molecule has 6 atom stereocenters. The van der Waals surface area contributed by atoms with E-state index in [0.717, 1.165) is 47.6 Å². The largest absolute Gasteiger partial charge is 0.478 e. The second-order valence-electron chi connectivity index (χ2n) is 27.8. The highest BCUT2D eigenvalue weighted by Crippen LogP contribution is 2.34. The van der Waals surface area contributed by atoms with Crippen LogP contribution in [0.3, 0.4) is 0 Å². The van der Waals surface area contributed by atoms with Gasteiger partial charge in [0.2, 0.25) is 29.9 Å². The van der Waals surface area contributed by atoms with Crippen LogP contribution in [0.25, 0.3) is 21.9 Å². The van der Waals surface area contributed by atoms with Crippen molar-refractivity contribution in [3.63, 3.8) is 0 Å². The number of carbonyl (C=O) groups excluding carboxylic acids is 7. The lowest BCUT2D eigenvalue weighted by Gasteiger charge is -2.39. The summed E-state index contributed by atoms with van der Waals surface area (Å²) in [5, 5.41) is 66.1. The summed E-state index contributed by atoms with van der Waals surface area (Å²) < 4.78 is 84.7. The predicted molar refractivity (Wildman–Crippen MR) is 429 cm³/mol. The Balaban J connectivity index is 0.815. The number of aryl methyl sites for hydroxylation is 1. The number of hydrogen-bond donors (Lipinski definition) is 10. The number of hydrogen-bond acceptors (Lipinski definition) is 30. The van der Waals surface area contributed by atoms with E-state index >= 15 is 0 Å². The van der Waals surface area contributed by atoms with Gasteiger partial charge in [0.1, 0.15) is 54.2 Å². The number of nitrogens with one attached hydrogen (secondary N) is 5. The summed E-state index contributed by atoms with van der Waals surface area (Å²) in [4.78, 5) is 117. The number of aliphatic hydroxyl groups is 4. The van der Waals surface area contributed by atoms with Gasteiger partial charge < -0.3 is 127 Å². The number of aromatic carboxylic acids is 1. The lowest BCUT2D eigenvalue weighted by molar-refractivity contribution is -0.277. The molecule has 0 aliphatic carbocycles.